The second kappa shape index (κ2) is 10.3. The molecule has 152 valence electrons. The quantitative estimate of drug-likeness (QED) is 0.555. The van der Waals surface area contributed by atoms with Gasteiger partial charge in [0.25, 0.3) is 0 Å². The van der Waals surface area contributed by atoms with E-state index in [1.165, 1.54) is 19.3 Å². The molecule has 1 aromatic rings. The van der Waals surface area contributed by atoms with Gasteiger partial charge in [0.05, 0.1) is 21.3 Å². The summed E-state index contributed by atoms with van der Waals surface area (Å²) in [5.41, 5.74) is 1.06. The molecular weight excluding hydrogens is 342 g/mol. The van der Waals surface area contributed by atoms with E-state index in [2.05, 4.69) is 29.1 Å². The Hall–Kier alpha value is -2.11. The van der Waals surface area contributed by atoms with E-state index in [1.807, 2.05) is 19.2 Å². The predicted octanol–water partition coefficient (Wildman–Crippen LogP) is 3.55. The number of hydrogen-bond acceptors (Lipinski definition) is 4. The standard InChI is InChI=1S/C21H35N3O3/c1-7-16(8-2)17-9-10-24(14-17)21(22-3)23-13-15-11-18(25-4)20(27-6)19(12-15)26-5/h11-12,16-17H,7-10,13-14H2,1-6H3,(H,22,23). The molecule has 0 radical (unpaired) electrons. The molecule has 0 aliphatic carbocycles. The highest BCUT2D eigenvalue weighted by Gasteiger charge is 2.29. The summed E-state index contributed by atoms with van der Waals surface area (Å²) in [7, 11) is 6.73. The molecule has 0 bridgehead atoms. The second-order valence-electron chi connectivity index (χ2n) is 7.01. The van der Waals surface area contributed by atoms with Crippen molar-refractivity contribution in [3.63, 3.8) is 0 Å². The summed E-state index contributed by atoms with van der Waals surface area (Å²) in [6.07, 6.45) is 3.76. The summed E-state index contributed by atoms with van der Waals surface area (Å²) in [5, 5.41) is 3.49. The molecule has 1 atom stereocenters. The molecule has 1 N–H and O–H groups in total. The van der Waals surface area contributed by atoms with Crippen LogP contribution in [0.4, 0.5) is 0 Å². The molecule has 6 heteroatoms. The van der Waals surface area contributed by atoms with E-state index in [0.29, 0.717) is 23.8 Å². The van der Waals surface area contributed by atoms with Crippen molar-refractivity contribution >= 4 is 5.96 Å². The average Bonchev–Trinajstić information content (AvgIpc) is 3.18. The van der Waals surface area contributed by atoms with Gasteiger partial charge in [-0.05, 0) is 36.0 Å². The van der Waals surface area contributed by atoms with Crippen LogP contribution in [0.25, 0.3) is 0 Å². The van der Waals surface area contributed by atoms with E-state index >= 15 is 0 Å². The van der Waals surface area contributed by atoms with Crippen molar-refractivity contribution in [3.05, 3.63) is 17.7 Å². The van der Waals surface area contributed by atoms with Gasteiger partial charge < -0.3 is 24.4 Å². The Morgan fingerprint density at radius 3 is 2.26 bits per heavy atom. The summed E-state index contributed by atoms with van der Waals surface area (Å²) in [6, 6.07) is 3.94. The van der Waals surface area contributed by atoms with Gasteiger partial charge in [0.1, 0.15) is 0 Å². The molecule has 0 saturated carbocycles. The lowest BCUT2D eigenvalue weighted by Crippen LogP contribution is -2.40. The molecule has 1 saturated heterocycles. The first-order valence-corrected chi connectivity index (χ1v) is 9.86. The minimum atomic E-state index is 0.612. The van der Waals surface area contributed by atoms with Crippen LogP contribution in [0.2, 0.25) is 0 Å². The first kappa shape index (κ1) is 21.2. The van der Waals surface area contributed by atoms with Gasteiger partial charge in [-0.15, -0.1) is 0 Å². The number of ether oxygens (including phenoxy) is 3. The predicted molar refractivity (Wildman–Crippen MR) is 110 cm³/mol. The van der Waals surface area contributed by atoms with Crippen LogP contribution < -0.4 is 19.5 Å². The van der Waals surface area contributed by atoms with E-state index < -0.39 is 0 Å². The monoisotopic (exact) mass is 377 g/mol. The lowest BCUT2D eigenvalue weighted by atomic mass is 9.87. The fourth-order valence-electron chi connectivity index (χ4n) is 4.07. The first-order chi connectivity index (χ1) is 13.1. The van der Waals surface area contributed by atoms with Gasteiger partial charge in [-0.1, -0.05) is 26.7 Å². The molecule has 2 rings (SSSR count). The number of nitrogens with one attached hydrogen (secondary N) is 1. The van der Waals surface area contributed by atoms with Crippen LogP contribution in [0.1, 0.15) is 38.7 Å². The van der Waals surface area contributed by atoms with E-state index in [9.17, 15) is 0 Å². The lowest BCUT2D eigenvalue weighted by Gasteiger charge is -2.24. The maximum Gasteiger partial charge on any atom is 0.203 e. The third kappa shape index (κ3) is 4.99. The summed E-state index contributed by atoms with van der Waals surface area (Å²) >= 11 is 0. The molecule has 1 fully saturated rings. The zero-order valence-electron chi connectivity index (χ0n) is 17.7. The van der Waals surface area contributed by atoms with Crippen molar-refractivity contribution < 1.29 is 14.2 Å². The van der Waals surface area contributed by atoms with Crippen LogP contribution in [0.3, 0.4) is 0 Å². The molecule has 6 nitrogen and oxygen atoms in total. The highest BCUT2D eigenvalue weighted by atomic mass is 16.5. The van der Waals surface area contributed by atoms with Crippen LogP contribution in [0.15, 0.2) is 17.1 Å². The molecule has 1 heterocycles. The number of methoxy groups -OCH3 is 3. The fourth-order valence-corrected chi connectivity index (χ4v) is 4.07. The Kier molecular flexibility index (Phi) is 8.07. The summed E-state index contributed by atoms with van der Waals surface area (Å²) in [5.74, 6) is 4.47. The Morgan fingerprint density at radius 1 is 1.15 bits per heavy atom. The highest BCUT2D eigenvalue weighted by Crippen LogP contribution is 2.38. The van der Waals surface area contributed by atoms with Gasteiger partial charge in [0, 0.05) is 26.7 Å². The molecule has 1 unspecified atom stereocenters. The van der Waals surface area contributed by atoms with Crippen molar-refractivity contribution in [2.75, 3.05) is 41.5 Å². The number of benzene rings is 1. The normalized spacial score (nSPS) is 17.4. The van der Waals surface area contributed by atoms with Crippen molar-refractivity contribution in [3.8, 4) is 17.2 Å². The lowest BCUT2D eigenvalue weighted by molar-refractivity contribution is 0.318. The molecule has 1 aromatic carbocycles. The molecular formula is C21H35N3O3. The maximum atomic E-state index is 5.44. The van der Waals surface area contributed by atoms with Gasteiger partial charge in [-0.2, -0.15) is 0 Å². The second-order valence-corrected chi connectivity index (χ2v) is 7.01. The Bertz CT molecular complexity index is 604. The molecule has 0 aromatic heterocycles. The summed E-state index contributed by atoms with van der Waals surface area (Å²) in [6.45, 7) is 7.40. The van der Waals surface area contributed by atoms with Crippen LogP contribution in [-0.4, -0.2) is 52.3 Å². The highest BCUT2D eigenvalue weighted by molar-refractivity contribution is 5.80. The van der Waals surface area contributed by atoms with Crippen LogP contribution in [0, 0.1) is 11.8 Å². The van der Waals surface area contributed by atoms with Gasteiger partial charge in [0.2, 0.25) is 5.75 Å². The topological polar surface area (TPSA) is 55.3 Å². The van der Waals surface area contributed by atoms with Crippen LogP contribution >= 0.6 is 0 Å². The third-order valence-corrected chi connectivity index (χ3v) is 5.63. The molecule has 0 amide bonds. The van der Waals surface area contributed by atoms with E-state index in [1.54, 1.807) is 21.3 Å². The maximum absolute atomic E-state index is 5.44. The molecule has 1 aliphatic heterocycles. The number of rotatable bonds is 8. The Morgan fingerprint density at radius 2 is 1.78 bits per heavy atom. The largest absolute Gasteiger partial charge is 0.493 e. The third-order valence-electron chi connectivity index (χ3n) is 5.63. The SMILES string of the molecule is CCC(CC)C1CCN(C(=NC)NCc2cc(OC)c(OC)c(OC)c2)C1. The van der Waals surface area contributed by atoms with Gasteiger partial charge >= 0.3 is 0 Å². The van der Waals surface area contributed by atoms with E-state index in [-0.39, 0.29) is 0 Å². The zero-order valence-corrected chi connectivity index (χ0v) is 17.7. The van der Waals surface area contributed by atoms with E-state index in [0.717, 1.165) is 36.4 Å². The fraction of sp³-hybridized carbons (Fsp3) is 0.667. The van der Waals surface area contributed by atoms with E-state index in [4.69, 9.17) is 14.2 Å². The Balaban J connectivity index is 2.04. The smallest absolute Gasteiger partial charge is 0.203 e. The number of guanidine groups is 1. The van der Waals surface area contributed by atoms with Crippen molar-refractivity contribution in [2.24, 2.45) is 16.8 Å². The van der Waals surface area contributed by atoms with Crippen LogP contribution in [0.5, 0.6) is 17.2 Å². The number of hydrogen-bond donors (Lipinski definition) is 1. The number of likely N-dealkylation sites (tertiary alicyclic amines) is 1. The summed E-state index contributed by atoms with van der Waals surface area (Å²) in [4.78, 5) is 6.87. The van der Waals surface area contributed by atoms with Crippen molar-refractivity contribution in [1.29, 1.82) is 0 Å². The average molecular weight is 378 g/mol. The number of nitrogens with zero attached hydrogens (tertiary/aromatic N) is 2. The minimum absolute atomic E-state index is 0.612. The molecule has 0 spiro atoms. The van der Waals surface area contributed by atoms with Gasteiger partial charge in [-0.3, -0.25) is 4.99 Å². The first-order valence-electron chi connectivity index (χ1n) is 9.86. The molecule has 1 aliphatic rings. The number of aliphatic imine (C=N–C) groups is 1. The van der Waals surface area contributed by atoms with Gasteiger partial charge in [0.15, 0.2) is 17.5 Å². The zero-order chi connectivity index (χ0) is 19.8. The van der Waals surface area contributed by atoms with Crippen LogP contribution in [-0.2, 0) is 6.54 Å². The summed E-state index contributed by atoms with van der Waals surface area (Å²) < 4.78 is 16.3. The Labute approximate surface area is 163 Å². The van der Waals surface area contributed by atoms with Crippen molar-refractivity contribution in [1.82, 2.24) is 10.2 Å². The van der Waals surface area contributed by atoms with Crippen molar-refractivity contribution in [2.45, 2.75) is 39.7 Å². The minimum Gasteiger partial charge on any atom is -0.493 e. The van der Waals surface area contributed by atoms with Gasteiger partial charge in [-0.25, -0.2) is 0 Å². The molecule has 27 heavy (non-hydrogen) atoms.